The monoisotopic (exact) mass is 589 g/mol. The summed E-state index contributed by atoms with van der Waals surface area (Å²) in [7, 11) is 0. The number of likely N-dealkylation sites (tertiary alicyclic amines) is 1. The molecule has 3 fully saturated rings. The number of hydrogen-bond acceptors (Lipinski definition) is 6. The number of hydrazine groups is 1. The summed E-state index contributed by atoms with van der Waals surface area (Å²) in [6.45, 7) is 12.5. The molecule has 14 heteroatoms. The van der Waals surface area contributed by atoms with Gasteiger partial charge in [-0.25, -0.2) is 9.80 Å². The van der Waals surface area contributed by atoms with Gasteiger partial charge in [-0.1, -0.05) is 34.1 Å². The fraction of sp³-hybridized carbons (Fsp3) is 0.815. The van der Waals surface area contributed by atoms with Crippen LogP contribution in [0.15, 0.2) is 0 Å². The van der Waals surface area contributed by atoms with E-state index in [-0.39, 0.29) is 36.2 Å². The molecule has 3 aliphatic rings. The predicted molar refractivity (Wildman–Crippen MR) is 141 cm³/mol. The number of hydrogen-bond donors (Lipinski definition) is 3. The number of alkyl halides is 3. The fourth-order valence-electron chi connectivity index (χ4n) is 5.81. The predicted octanol–water partition coefficient (Wildman–Crippen LogP) is 2.36. The SMILES string of the molecule is CC[C@H](C)[C@H](NC(=O)C(F)(F)F)C(=O)N1C[C@H]2[C@@H]([C@H]1C(=O)NN(C[C@@H]1CCCNC1=O)C(=O)OC(C)(C)C)C2(C)C. The summed E-state index contributed by atoms with van der Waals surface area (Å²) in [5.41, 5.74) is 1.31. The van der Waals surface area contributed by atoms with E-state index in [1.54, 1.807) is 34.6 Å². The minimum absolute atomic E-state index is 0.0998. The number of ether oxygens (including phenoxy) is 1. The first-order chi connectivity index (χ1) is 18.8. The first kappa shape index (κ1) is 32.5. The van der Waals surface area contributed by atoms with Gasteiger partial charge < -0.3 is 20.3 Å². The largest absolute Gasteiger partial charge is 0.471 e. The number of carbonyl (C=O) groups excluding carboxylic acids is 5. The van der Waals surface area contributed by atoms with Crippen molar-refractivity contribution in [3.8, 4) is 0 Å². The summed E-state index contributed by atoms with van der Waals surface area (Å²) in [4.78, 5) is 66.0. The first-order valence-electron chi connectivity index (χ1n) is 14.1. The molecule has 0 bridgehead atoms. The molecule has 2 saturated heterocycles. The van der Waals surface area contributed by atoms with Crippen LogP contribution < -0.4 is 16.1 Å². The molecule has 2 heterocycles. The molecule has 0 aromatic heterocycles. The lowest BCUT2D eigenvalue weighted by Gasteiger charge is -2.36. The van der Waals surface area contributed by atoms with E-state index in [1.807, 2.05) is 19.2 Å². The normalized spacial score (nSPS) is 26.7. The average molecular weight is 590 g/mol. The Kier molecular flexibility index (Phi) is 9.24. The fourth-order valence-corrected chi connectivity index (χ4v) is 5.81. The van der Waals surface area contributed by atoms with Crippen molar-refractivity contribution < 1.29 is 41.9 Å². The lowest BCUT2D eigenvalue weighted by Crippen LogP contribution is -2.61. The maximum Gasteiger partial charge on any atom is 0.471 e. The van der Waals surface area contributed by atoms with E-state index in [0.29, 0.717) is 25.8 Å². The Morgan fingerprint density at radius 2 is 1.83 bits per heavy atom. The lowest BCUT2D eigenvalue weighted by molar-refractivity contribution is -0.175. The first-order valence-corrected chi connectivity index (χ1v) is 14.1. The summed E-state index contributed by atoms with van der Waals surface area (Å²) in [6, 6.07) is -2.61. The van der Waals surface area contributed by atoms with Gasteiger partial charge in [0, 0.05) is 13.1 Å². The minimum Gasteiger partial charge on any atom is -0.442 e. The van der Waals surface area contributed by atoms with Crippen molar-refractivity contribution in [1.29, 1.82) is 0 Å². The quantitative estimate of drug-likeness (QED) is 0.390. The van der Waals surface area contributed by atoms with E-state index >= 15 is 0 Å². The van der Waals surface area contributed by atoms with Crippen molar-refractivity contribution in [3.63, 3.8) is 0 Å². The van der Waals surface area contributed by atoms with Crippen LogP contribution in [-0.2, 0) is 23.9 Å². The molecular weight excluding hydrogens is 547 g/mol. The van der Waals surface area contributed by atoms with Gasteiger partial charge in [0.2, 0.25) is 11.8 Å². The Hall–Kier alpha value is -3.06. The standard InChI is InChI=1S/C27H42F3N5O6/c1-8-14(2)18(32-23(39)27(28,29)30)22(38)34-13-16-17(26(16,6)7)19(34)21(37)33-35(24(40)41-25(3,4)5)12-15-10-9-11-31-20(15)36/h14-19H,8-13H2,1-7H3,(H,31,36)(H,32,39)(H,33,37)/t14-,15-,16-,17-,18-,19-/m0/s1. The molecule has 6 atom stereocenters. The maximum absolute atomic E-state index is 13.8. The maximum atomic E-state index is 13.8. The van der Waals surface area contributed by atoms with Crippen LogP contribution in [0.4, 0.5) is 18.0 Å². The molecular formula is C27H42F3N5O6. The number of rotatable bonds is 7. The molecule has 1 saturated carbocycles. The van der Waals surface area contributed by atoms with Gasteiger partial charge in [0.15, 0.2) is 0 Å². The molecule has 3 N–H and O–H groups in total. The minimum atomic E-state index is -5.18. The average Bonchev–Trinajstić information content (AvgIpc) is 3.18. The Morgan fingerprint density at radius 3 is 2.37 bits per heavy atom. The number of carbonyl (C=O) groups is 5. The highest BCUT2D eigenvalue weighted by Gasteiger charge is 2.70. The Labute approximate surface area is 238 Å². The van der Waals surface area contributed by atoms with E-state index in [4.69, 9.17) is 4.74 Å². The van der Waals surface area contributed by atoms with E-state index in [9.17, 15) is 37.1 Å². The lowest BCUT2D eigenvalue weighted by atomic mass is 9.95. The molecule has 0 aromatic carbocycles. The zero-order valence-corrected chi connectivity index (χ0v) is 24.7. The van der Waals surface area contributed by atoms with E-state index < -0.39 is 59.5 Å². The number of fused-ring (bicyclic) bond motifs is 1. The third-order valence-electron chi connectivity index (χ3n) is 8.44. The Bertz CT molecular complexity index is 1060. The second-order valence-corrected chi connectivity index (χ2v) is 12.9. The van der Waals surface area contributed by atoms with E-state index in [2.05, 4.69) is 10.7 Å². The molecule has 3 rings (SSSR count). The van der Waals surface area contributed by atoms with Crippen molar-refractivity contribution in [2.24, 2.45) is 29.1 Å². The Balaban J connectivity index is 1.88. The van der Waals surface area contributed by atoms with Gasteiger partial charge in [0.05, 0.1) is 12.5 Å². The molecule has 0 unspecified atom stereocenters. The molecule has 232 valence electrons. The van der Waals surface area contributed by atoms with Gasteiger partial charge in [-0.3, -0.25) is 24.6 Å². The van der Waals surface area contributed by atoms with Gasteiger partial charge in [0.25, 0.3) is 5.91 Å². The highest BCUT2D eigenvalue weighted by Crippen LogP contribution is 2.65. The topological polar surface area (TPSA) is 137 Å². The van der Waals surface area contributed by atoms with Crippen LogP contribution in [0.1, 0.15) is 67.7 Å². The molecule has 1 aliphatic carbocycles. The van der Waals surface area contributed by atoms with Crippen LogP contribution in [0.2, 0.25) is 0 Å². The van der Waals surface area contributed by atoms with Gasteiger partial charge in [0.1, 0.15) is 17.7 Å². The summed E-state index contributed by atoms with van der Waals surface area (Å²) in [6.07, 6.45) is -4.59. The molecule has 2 aliphatic heterocycles. The molecule has 0 aromatic rings. The van der Waals surface area contributed by atoms with Crippen molar-refractivity contribution in [1.82, 2.24) is 26.0 Å². The number of halogens is 3. The zero-order chi connectivity index (χ0) is 31.1. The van der Waals surface area contributed by atoms with Crippen LogP contribution in [0.25, 0.3) is 0 Å². The van der Waals surface area contributed by atoms with Crippen molar-refractivity contribution in [2.75, 3.05) is 19.6 Å². The number of nitrogens with one attached hydrogen (secondary N) is 3. The van der Waals surface area contributed by atoms with Gasteiger partial charge in [-0.15, -0.1) is 0 Å². The van der Waals surface area contributed by atoms with Crippen LogP contribution >= 0.6 is 0 Å². The van der Waals surface area contributed by atoms with Crippen LogP contribution in [0.5, 0.6) is 0 Å². The summed E-state index contributed by atoms with van der Waals surface area (Å²) in [5.74, 6) is -5.68. The van der Waals surface area contributed by atoms with Crippen LogP contribution in [0, 0.1) is 29.1 Å². The third-order valence-corrected chi connectivity index (χ3v) is 8.44. The van der Waals surface area contributed by atoms with Crippen LogP contribution in [-0.4, -0.2) is 83.1 Å². The number of nitrogens with zero attached hydrogens (tertiary/aromatic N) is 2. The van der Waals surface area contributed by atoms with E-state index in [0.717, 1.165) is 5.01 Å². The second kappa shape index (κ2) is 11.7. The highest BCUT2D eigenvalue weighted by molar-refractivity contribution is 5.95. The van der Waals surface area contributed by atoms with Crippen molar-refractivity contribution >= 4 is 29.7 Å². The van der Waals surface area contributed by atoms with E-state index in [1.165, 1.54) is 4.90 Å². The molecule has 11 nitrogen and oxygen atoms in total. The molecule has 0 spiro atoms. The van der Waals surface area contributed by atoms with Crippen molar-refractivity contribution in [3.05, 3.63) is 0 Å². The Morgan fingerprint density at radius 1 is 1.20 bits per heavy atom. The van der Waals surface area contributed by atoms with Gasteiger partial charge in [-0.05, 0) is 56.8 Å². The zero-order valence-electron chi connectivity index (χ0n) is 24.7. The molecule has 0 radical (unpaired) electrons. The summed E-state index contributed by atoms with van der Waals surface area (Å²) >= 11 is 0. The highest BCUT2D eigenvalue weighted by atomic mass is 19.4. The number of amides is 5. The molecule has 41 heavy (non-hydrogen) atoms. The van der Waals surface area contributed by atoms with Gasteiger partial charge in [-0.2, -0.15) is 13.2 Å². The third kappa shape index (κ3) is 7.24. The summed E-state index contributed by atoms with van der Waals surface area (Å²) in [5, 5.41) is 5.50. The van der Waals surface area contributed by atoms with Gasteiger partial charge >= 0.3 is 18.2 Å². The molecule has 5 amide bonds. The second-order valence-electron chi connectivity index (χ2n) is 12.9. The smallest absolute Gasteiger partial charge is 0.442 e. The van der Waals surface area contributed by atoms with Crippen molar-refractivity contribution in [2.45, 2.75) is 91.6 Å². The summed E-state index contributed by atoms with van der Waals surface area (Å²) < 4.78 is 44.7. The van der Waals surface area contributed by atoms with Crippen LogP contribution in [0.3, 0.4) is 0 Å². The number of piperidine rings is 2.